The molecule has 4 N–H and O–H groups in total. The molecule has 2 rings (SSSR count). The summed E-state index contributed by atoms with van der Waals surface area (Å²) in [5.41, 5.74) is -2.32. The van der Waals surface area contributed by atoms with E-state index in [2.05, 4.69) is 0 Å². The minimum atomic E-state index is -1.71. The fraction of sp³-hybridized carbons (Fsp3) is 0. The lowest BCUT2D eigenvalue weighted by Gasteiger charge is -2.12. The molecule has 0 spiro atoms. The Morgan fingerprint density at radius 1 is 0.667 bits per heavy atom. The fourth-order valence-corrected chi connectivity index (χ4v) is 2.29. The van der Waals surface area contributed by atoms with Crippen LogP contribution in [0.2, 0.25) is 0 Å². The first-order valence-corrected chi connectivity index (χ1v) is 6.44. The van der Waals surface area contributed by atoms with Gasteiger partial charge >= 0.3 is 23.9 Å². The summed E-state index contributed by atoms with van der Waals surface area (Å²) in [6.45, 7) is 0. The molecule has 0 saturated carbocycles. The van der Waals surface area contributed by atoms with Crippen molar-refractivity contribution in [1.82, 2.24) is 0 Å². The third-order valence-electron chi connectivity index (χ3n) is 3.28. The molecule has 0 atom stereocenters. The molecule has 0 bridgehead atoms. The van der Waals surface area contributed by atoms with Crippen LogP contribution in [0.5, 0.6) is 0 Å². The van der Waals surface area contributed by atoms with Gasteiger partial charge in [0.2, 0.25) is 0 Å². The van der Waals surface area contributed by atoms with E-state index in [0.717, 1.165) is 12.1 Å². The predicted octanol–water partition coefficient (Wildman–Crippen LogP) is 2.15. The van der Waals surface area contributed by atoms with Crippen molar-refractivity contribution in [3.63, 3.8) is 0 Å². The molecule has 0 unspecified atom stereocenters. The third-order valence-corrected chi connectivity index (χ3v) is 3.28. The van der Waals surface area contributed by atoms with Gasteiger partial charge in [-0.15, -0.1) is 0 Å². The van der Waals surface area contributed by atoms with Gasteiger partial charge in [0.15, 0.2) is 0 Å². The van der Waals surface area contributed by atoms with Crippen LogP contribution in [0, 0.1) is 0 Å². The van der Waals surface area contributed by atoms with Gasteiger partial charge in [0, 0.05) is 0 Å². The van der Waals surface area contributed by atoms with E-state index in [4.69, 9.17) is 10.2 Å². The van der Waals surface area contributed by atoms with E-state index in [1.54, 1.807) is 0 Å². The van der Waals surface area contributed by atoms with Crippen LogP contribution in [-0.4, -0.2) is 44.3 Å². The van der Waals surface area contributed by atoms with Crippen molar-refractivity contribution in [3.8, 4) is 11.1 Å². The van der Waals surface area contributed by atoms with Crippen molar-refractivity contribution in [3.05, 3.63) is 58.7 Å². The molecule has 0 radical (unpaired) electrons. The normalized spacial score (nSPS) is 10.2. The Morgan fingerprint density at radius 2 is 1.29 bits per heavy atom. The van der Waals surface area contributed by atoms with Crippen LogP contribution in [-0.2, 0) is 0 Å². The van der Waals surface area contributed by atoms with Gasteiger partial charge in [0.25, 0.3) is 0 Å². The maximum atomic E-state index is 11.5. The molecule has 0 aliphatic rings. The second-order valence-electron chi connectivity index (χ2n) is 4.71. The van der Waals surface area contributed by atoms with Gasteiger partial charge in [-0.05, 0) is 29.3 Å². The zero-order valence-corrected chi connectivity index (χ0v) is 11.9. The van der Waals surface area contributed by atoms with Crippen LogP contribution in [0.15, 0.2) is 36.4 Å². The van der Waals surface area contributed by atoms with Crippen LogP contribution >= 0.6 is 0 Å². The minimum absolute atomic E-state index is 0.0898. The monoisotopic (exact) mass is 330 g/mol. The van der Waals surface area contributed by atoms with Gasteiger partial charge in [0.05, 0.1) is 22.3 Å². The lowest BCUT2D eigenvalue weighted by molar-refractivity contribution is 0.0633. The Morgan fingerprint density at radius 3 is 1.79 bits per heavy atom. The van der Waals surface area contributed by atoms with Gasteiger partial charge in [0.1, 0.15) is 0 Å². The summed E-state index contributed by atoms with van der Waals surface area (Å²) in [6.07, 6.45) is 0. The average Bonchev–Trinajstić information content (AvgIpc) is 2.53. The number of hydrogen-bond donors (Lipinski definition) is 4. The smallest absolute Gasteiger partial charge is 0.337 e. The molecule has 0 amide bonds. The van der Waals surface area contributed by atoms with Crippen molar-refractivity contribution >= 4 is 23.9 Å². The SMILES string of the molecule is O=C(O)c1cccc(-c2ccc(C(=O)O)c(C(=O)O)c2C(=O)O)c1. The van der Waals surface area contributed by atoms with E-state index in [0.29, 0.717) is 0 Å². The first kappa shape index (κ1) is 16.7. The van der Waals surface area contributed by atoms with Crippen molar-refractivity contribution in [2.75, 3.05) is 0 Å². The minimum Gasteiger partial charge on any atom is -0.478 e. The summed E-state index contributed by atoms with van der Waals surface area (Å²) >= 11 is 0. The summed E-state index contributed by atoms with van der Waals surface area (Å²) < 4.78 is 0. The van der Waals surface area contributed by atoms with E-state index in [1.165, 1.54) is 24.3 Å². The van der Waals surface area contributed by atoms with Crippen LogP contribution in [0.1, 0.15) is 41.4 Å². The number of carboxylic acid groups (broad SMARTS) is 4. The van der Waals surface area contributed by atoms with E-state index < -0.39 is 40.6 Å². The molecular weight excluding hydrogens is 320 g/mol. The van der Waals surface area contributed by atoms with Gasteiger partial charge in [-0.2, -0.15) is 0 Å². The summed E-state index contributed by atoms with van der Waals surface area (Å²) in [5, 5.41) is 36.7. The number of hydrogen-bond acceptors (Lipinski definition) is 4. The predicted molar refractivity (Wildman–Crippen MR) is 79.7 cm³/mol. The van der Waals surface area contributed by atoms with E-state index in [9.17, 15) is 29.4 Å². The Bertz CT molecular complexity index is 882. The van der Waals surface area contributed by atoms with E-state index in [-0.39, 0.29) is 16.7 Å². The highest BCUT2D eigenvalue weighted by Crippen LogP contribution is 2.30. The van der Waals surface area contributed by atoms with Gasteiger partial charge < -0.3 is 20.4 Å². The largest absolute Gasteiger partial charge is 0.478 e. The van der Waals surface area contributed by atoms with Crippen LogP contribution < -0.4 is 0 Å². The molecule has 0 aliphatic heterocycles. The van der Waals surface area contributed by atoms with Crippen molar-refractivity contribution in [1.29, 1.82) is 0 Å². The Kier molecular flexibility index (Phi) is 4.32. The van der Waals surface area contributed by atoms with Crippen molar-refractivity contribution < 1.29 is 39.6 Å². The molecule has 2 aromatic carbocycles. The fourth-order valence-electron chi connectivity index (χ4n) is 2.29. The average molecular weight is 330 g/mol. The van der Waals surface area contributed by atoms with Gasteiger partial charge in [-0.3, -0.25) is 0 Å². The highest BCUT2D eigenvalue weighted by atomic mass is 16.4. The summed E-state index contributed by atoms with van der Waals surface area (Å²) in [5.74, 6) is -6.16. The number of benzene rings is 2. The molecule has 0 fully saturated rings. The Balaban J connectivity index is 2.85. The quantitative estimate of drug-likeness (QED) is 0.651. The summed E-state index contributed by atoms with van der Waals surface area (Å²) in [4.78, 5) is 45.1. The molecule has 24 heavy (non-hydrogen) atoms. The van der Waals surface area contributed by atoms with E-state index in [1.807, 2.05) is 0 Å². The van der Waals surface area contributed by atoms with Crippen LogP contribution in [0.25, 0.3) is 11.1 Å². The molecule has 122 valence electrons. The molecule has 0 aromatic heterocycles. The second kappa shape index (κ2) is 6.21. The molecule has 2 aromatic rings. The zero-order chi connectivity index (χ0) is 18.0. The number of rotatable bonds is 5. The molecule has 8 nitrogen and oxygen atoms in total. The lowest BCUT2D eigenvalue weighted by atomic mass is 9.91. The number of aromatic carboxylic acids is 4. The highest BCUT2D eigenvalue weighted by Gasteiger charge is 2.27. The molecular formula is C16H10O8. The number of carboxylic acids is 4. The maximum Gasteiger partial charge on any atom is 0.337 e. The topological polar surface area (TPSA) is 149 Å². The first-order valence-electron chi connectivity index (χ1n) is 6.44. The Labute approximate surface area is 134 Å². The lowest BCUT2D eigenvalue weighted by Crippen LogP contribution is -2.16. The van der Waals surface area contributed by atoms with Crippen molar-refractivity contribution in [2.45, 2.75) is 0 Å². The zero-order valence-electron chi connectivity index (χ0n) is 11.9. The Hall–Kier alpha value is -3.68. The van der Waals surface area contributed by atoms with Crippen molar-refractivity contribution in [2.24, 2.45) is 0 Å². The van der Waals surface area contributed by atoms with E-state index >= 15 is 0 Å². The molecule has 0 heterocycles. The molecule has 8 heteroatoms. The molecule has 0 saturated heterocycles. The molecule has 0 aliphatic carbocycles. The second-order valence-corrected chi connectivity index (χ2v) is 4.71. The standard InChI is InChI=1S/C16H10O8/c17-13(18)8-3-1-2-7(6-8)9-4-5-10(14(19)20)12(16(23)24)11(9)15(21)22/h1-6H,(H,17,18)(H,19,20)(H,21,22)(H,23,24). The van der Waals surface area contributed by atoms with Crippen LogP contribution in [0.3, 0.4) is 0 Å². The first-order chi connectivity index (χ1) is 11.2. The van der Waals surface area contributed by atoms with Gasteiger partial charge in [-0.25, -0.2) is 19.2 Å². The number of carbonyl (C=O) groups is 4. The summed E-state index contributed by atoms with van der Waals surface area (Å²) in [7, 11) is 0. The maximum absolute atomic E-state index is 11.5. The van der Waals surface area contributed by atoms with Gasteiger partial charge in [-0.1, -0.05) is 18.2 Å². The van der Waals surface area contributed by atoms with Crippen LogP contribution in [0.4, 0.5) is 0 Å². The highest BCUT2D eigenvalue weighted by molar-refractivity contribution is 6.12. The third kappa shape index (κ3) is 2.93. The summed E-state index contributed by atoms with van der Waals surface area (Å²) in [6, 6.07) is 7.35.